The molecule has 152 valence electrons. The Balaban J connectivity index is 1.97. The number of aromatic hydroxyl groups is 2. The number of rotatable bonds is 4. The van der Waals surface area contributed by atoms with Crippen LogP contribution in [0.4, 0.5) is 0 Å². The first kappa shape index (κ1) is 19.3. The fraction of sp³-hybridized carbons (Fsp3) is 0.652. The van der Waals surface area contributed by atoms with Crippen LogP contribution < -0.4 is 4.74 Å². The van der Waals surface area contributed by atoms with E-state index in [-0.39, 0.29) is 34.0 Å². The maximum atomic E-state index is 11.9. The minimum absolute atomic E-state index is 0.0127. The molecule has 2 aliphatic carbocycles. The first-order chi connectivity index (χ1) is 13.2. The second-order valence-corrected chi connectivity index (χ2v) is 9.95. The van der Waals surface area contributed by atoms with Crippen molar-refractivity contribution in [2.75, 3.05) is 0 Å². The van der Waals surface area contributed by atoms with Gasteiger partial charge in [-0.25, -0.2) is 0 Å². The number of fused-ring (bicyclic) bond motifs is 4. The van der Waals surface area contributed by atoms with Crippen LogP contribution in [0.25, 0.3) is 0 Å². The molecular formula is C23H30O5. The molecule has 1 spiro atoms. The summed E-state index contributed by atoms with van der Waals surface area (Å²) < 4.78 is 6.66. The Morgan fingerprint density at radius 2 is 1.71 bits per heavy atom. The van der Waals surface area contributed by atoms with Crippen molar-refractivity contribution in [3.63, 3.8) is 0 Å². The fourth-order valence-corrected chi connectivity index (χ4v) is 6.51. The highest BCUT2D eigenvalue weighted by atomic mass is 16.5. The van der Waals surface area contributed by atoms with E-state index in [1.165, 1.54) is 6.42 Å². The van der Waals surface area contributed by atoms with E-state index >= 15 is 0 Å². The van der Waals surface area contributed by atoms with E-state index in [0.29, 0.717) is 35.9 Å². The zero-order chi connectivity index (χ0) is 20.4. The lowest BCUT2D eigenvalue weighted by Crippen LogP contribution is -2.56. The average Bonchev–Trinajstić information content (AvgIpc) is 3.17. The molecule has 1 aromatic carbocycles. The zero-order valence-corrected chi connectivity index (χ0v) is 17.1. The van der Waals surface area contributed by atoms with Gasteiger partial charge in [-0.05, 0) is 55.8 Å². The summed E-state index contributed by atoms with van der Waals surface area (Å²) in [7, 11) is 0. The molecule has 1 aliphatic heterocycles. The van der Waals surface area contributed by atoms with Crippen molar-refractivity contribution in [2.24, 2.45) is 23.2 Å². The normalized spacial score (nSPS) is 32.4. The van der Waals surface area contributed by atoms with E-state index in [1.54, 1.807) is 0 Å². The Bertz CT molecular complexity index is 840. The van der Waals surface area contributed by atoms with E-state index in [2.05, 4.69) is 27.7 Å². The third-order valence-corrected chi connectivity index (χ3v) is 7.95. The van der Waals surface area contributed by atoms with E-state index < -0.39 is 11.4 Å². The van der Waals surface area contributed by atoms with Gasteiger partial charge in [-0.1, -0.05) is 27.7 Å². The second-order valence-electron chi connectivity index (χ2n) is 9.95. The van der Waals surface area contributed by atoms with Crippen LogP contribution >= 0.6 is 0 Å². The van der Waals surface area contributed by atoms with E-state index in [4.69, 9.17) is 4.74 Å². The van der Waals surface area contributed by atoms with Crippen molar-refractivity contribution in [1.29, 1.82) is 0 Å². The number of carbonyl (C=O) groups excluding carboxylic acids is 2. The zero-order valence-electron chi connectivity index (χ0n) is 17.1. The van der Waals surface area contributed by atoms with Crippen LogP contribution in [0.1, 0.15) is 92.0 Å². The van der Waals surface area contributed by atoms with Gasteiger partial charge in [0.05, 0.1) is 11.1 Å². The number of aldehydes is 2. The molecule has 5 heteroatoms. The molecule has 3 aliphatic rings. The van der Waals surface area contributed by atoms with Crippen LogP contribution in [0, 0.1) is 23.2 Å². The number of hydrogen-bond acceptors (Lipinski definition) is 5. The molecule has 0 saturated heterocycles. The number of hydrogen-bond donors (Lipinski definition) is 2. The molecule has 1 heterocycles. The number of benzene rings is 1. The van der Waals surface area contributed by atoms with Crippen molar-refractivity contribution in [1.82, 2.24) is 0 Å². The molecule has 0 radical (unpaired) electrons. The van der Waals surface area contributed by atoms with Gasteiger partial charge in [0.1, 0.15) is 22.8 Å². The Labute approximate surface area is 166 Å². The van der Waals surface area contributed by atoms with Crippen molar-refractivity contribution in [2.45, 2.75) is 71.3 Å². The quantitative estimate of drug-likeness (QED) is 0.724. The molecule has 0 unspecified atom stereocenters. The van der Waals surface area contributed by atoms with Crippen LogP contribution in [0.3, 0.4) is 0 Å². The topological polar surface area (TPSA) is 83.8 Å². The summed E-state index contributed by atoms with van der Waals surface area (Å²) in [5, 5.41) is 21.3. The number of phenolic OH excluding ortho intramolecular Hbond substituents is 2. The summed E-state index contributed by atoms with van der Waals surface area (Å²) in [5.41, 5.74) is -0.193. The minimum atomic E-state index is -0.484. The SMILES string of the molecule is CC(C)C[C@H]1C[C@@]2(Oc3c(C=O)c(O)c(C=O)c(O)c31)[C@@H]1CC[C@@H](C1)C2(C)C. The fourth-order valence-electron chi connectivity index (χ4n) is 6.51. The Morgan fingerprint density at radius 3 is 2.25 bits per heavy atom. The van der Waals surface area contributed by atoms with Crippen molar-refractivity contribution >= 4 is 12.6 Å². The molecule has 2 saturated carbocycles. The predicted molar refractivity (Wildman–Crippen MR) is 105 cm³/mol. The average molecular weight is 386 g/mol. The summed E-state index contributed by atoms with van der Waals surface area (Å²) in [5.74, 6) is 0.896. The summed E-state index contributed by atoms with van der Waals surface area (Å²) in [6.45, 7) is 8.78. The van der Waals surface area contributed by atoms with Crippen LogP contribution in [0.15, 0.2) is 0 Å². The molecule has 2 fully saturated rings. The van der Waals surface area contributed by atoms with E-state index in [1.807, 2.05) is 0 Å². The lowest BCUT2D eigenvalue weighted by molar-refractivity contribution is -0.105. The Hall–Kier alpha value is -2.04. The molecule has 2 bridgehead atoms. The second kappa shape index (κ2) is 6.23. The molecule has 4 atom stereocenters. The van der Waals surface area contributed by atoms with Gasteiger partial charge in [-0.3, -0.25) is 9.59 Å². The first-order valence-corrected chi connectivity index (χ1v) is 10.4. The highest BCUT2D eigenvalue weighted by molar-refractivity contribution is 5.95. The highest BCUT2D eigenvalue weighted by Gasteiger charge is 2.66. The molecular weight excluding hydrogens is 356 g/mol. The first-order valence-electron chi connectivity index (χ1n) is 10.4. The lowest BCUT2D eigenvalue weighted by Gasteiger charge is -2.54. The number of carbonyl (C=O) groups is 2. The maximum Gasteiger partial charge on any atom is 0.157 e. The van der Waals surface area contributed by atoms with Gasteiger partial charge in [-0.15, -0.1) is 0 Å². The van der Waals surface area contributed by atoms with E-state index in [0.717, 1.165) is 25.7 Å². The van der Waals surface area contributed by atoms with Gasteiger partial charge in [0.15, 0.2) is 12.6 Å². The highest BCUT2D eigenvalue weighted by Crippen LogP contribution is 2.68. The van der Waals surface area contributed by atoms with Crippen molar-refractivity contribution in [3.8, 4) is 17.2 Å². The van der Waals surface area contributed by atoms with Crippen LogP contribution in [-0.4, -0.2) is 28.4 Å². The van der Waals surface area contributed by atoms with Gasteiger partial charge in [0.2, 0.25) is 0 Å². The monoisotopic (exact) mass is 386 g/mol. The summed E-state index contributed by atoms with van der Waals surface area (Å²) in [6.07, 6.45) is 5.98. The van der Waals surface area contributed by atoms with Crippen LogP contribution in [-0.2, 0) is 0 Å². The van der Waals surface area contributed by atoms with Crippen molar-refractivity contribution < 1.29 is 24.5 Å². The van der Waals surface area contributed by atoms with Gasteiger partial charge < -0.3 is 14.9 Å². The molecule has 0 aromatic heterocycles. The molecule has 0 amide bonds. The smallest absolute Gasteiger partial charge is 0.157 e. The van der Waals surface area contributed by atoms with E-state index in [9.17, 15) is 19.8 Å². The Morgan fingerprint density at radius 1 is 1.07 bits per heavy atom. The van der Waals surface area contributed by atoms with Crippen molar-refractivity contribution in [3.05, 3.63) is 16.7 Å². The minimum Gasteiger partial charge on any atom is -0.507 e. The lowest BCUT2D eigenvalue weighted by atomic mass is 9.60. The third-order valence-electron chi connectivity index (χ3n) is 7.95. The largest absolute Gasteiger partial charge is 0.507 e. The van der Waals surface area contributed by atoms with Crippen LogP contribution in [0.5, 0.6) is 17.2 Å². The predicted octanol–water partition coefficient (Wildman–Crippen LogP) is 4.83. The van der Waals surface area contributed by atoms with Gasteiger partial charge in [0, 0.05) is 11.0 Å². The van der Waals surface area contributed by atoms with Gasteiger partial charge in [-0.2, -0.15) is 0 Å². The molecule has 1 aromatic rings. The number of phenols is 2. The van der Waals surface area contributed by atoms with Gasteiger partial charge >= 0.3 is 0 Å². The maximum absolute atomic E-state index is 11.9. The Kier molecular flexibility index (Phi) is 4.29. The van der Waals surface area contributed by atoms with Crippen LogP contribution in [0.2, 0.25) is 0 Å². The van der Waals surface area contributed by atoms with Gasteiger partial charge in [0.25, 0.3) is 0 Å². The molecule has 2 N–H and O–H groups in total. The molecule has 28 heavy (non-hydrogen) atoms. The summed E-state index contributed by atoms with van der Waals surface area (Å²) in [6, 6.07) is 0. The summed E-state index contributed by atoms with van der Waals surface area (Å²) in [4.78, 5) is 23.4. The number of ether oxygens (including phenoxy) is 1. The summed E-state index contributed by atoms with van der Waals surface area (Å²) >= 11 is 0. The third kappa shape index (κ3) is 2.31. The standard InChI is InChI=1S/C23H30O5/c1-12(2)7-13-9-23(15-6-5-14(8-15)22(23,3)4)28-21-17(11-25)19(26)16(10-24)20(27)18(13)21/h10-15,26-27H,5-9H2,1-4H3/t13-,14-,15+,23+/m0/s1. The molecule has 4 rings (SSSR count). The molecule has 5 nitrogen and oxygen atoms in total.